The molecule has 248 valence electrons. The third-order valence-electron chi connectivity index (χ3n) is 7.69. The summed E-state index contributed by atoms with van der Waals surface area (Å²) in [6.07, 6.45) is 3.40. The van der Waals surface area contributed by atoms with Gasteiger partial charge in [-0.3, -0.25) is 4.72 Å². The summed E-state index contributed by atoms with van der Waals surface area (Å²) in [7, 11) is -2.26. The van der Waals surface area contributed by atoms with E-state index in [0.717, 1.165) is 46.7 Å². The van der Waals surface area contributed by atoms with E-state index in [4.69, 9.17) is 31.0 Å². The van der Waals surface area contributed by atoms with Gasteiger partial charge in [0.25, 0.3) is 0 Å². The van der Waals surface area contributed by atoms with Gasteiger partial charge in [0.05, 0.1) is 65.3 Å². The van der Waals surface area contributed by atoms with Crippen LogP contribution in [0.5, 0.6) is 0 Å². The van der Waals surface area contributed by atoms with E-state index < -0.39 is 27.5 Å². The highest BCUT2D eigenvalue weighted by Gasteiger charge is 2.25. The van der Waals surface area contributed by atoms with Crippen LogP contribution in [-0.2, 0) is 20.5 Å². The van der Waals surface area contributed by atoms with Gasteiger partial charge in [0, 0.05) is 37.9 Å². The van der Waals surface area contributed by atoms with E-state index in [1.165, 1.54) is 17.4 Å². The molecule has 2 N–H and O–H groups in total. The summed E-state index contributed by atoms with van der Waals surface area (Å²) in [6.45, 7) is 5.41. The molecule has 48 heavy (non-hydrogen) atoms. The highest BCUT2D eigenvalue weighted by molar-refractivity contribution is 7.86. The van der Waals surface area contributed by atoms with Crippen molar-refractivity contribution in [2.24, 2.45) is 0 Å². The van der Waals surface area contributed by atoms with Crippen LogP contribution >= 0.6 is 22.9 Å². The Kier molecular flexibility index (Phi) is 9.72. The van der Waals surface area contributed by atoms with Gasteiger partial charge in [-0.05, 0) is 36.4 Å². The molecule has 1 unspecified atom stereocenters. The van der Waals surface area contributed by atoms with Gasteiger partial charge < -0.3 is 24.6 Å². The van der Waals surface area contributed by atoms with E-state index in [1.807, 2.05) is 12.1 Å². The summed E-state index contributed by atoms with van der Waals surface area (Å²) in [6, 6.07) is 14.0. The van der Waals surface area contributed by atoms with Gasteiger partial charge in [0.2, 0.25) is 5.95 Å². The zero-order valence-electron chi connectivity index (χ0n) is 25.4. The Labute approximate surface area is 286 Å². The second-order valence-corrected chi connectivity index (χ2v) is 13.3. The molecule has 0 aliphatic carbocycles. The lowest BCUT2D eigenvalue weighted by molar-refractivity contribution is 0.122. The summed E-state index contributed by atoms with van der Waals surface area (Å²) in [4.78, 5) is 23.3. The Morgan fingerprint density at radius 2 is 1.56 bits per heavy atom. The van der Waals surface area contributed by atoms with Gasteiger partial charge in [-0.25, -0.2) is 32.9 Å². The second kappa shape index (κ2) is 14.5. The predicted molar refractivity (Wildman–Crippen MR) is 184 cm³/mol. The number of pyridine rings is 1. The molecule has 11 nitrogen and oxygen atoms in total. The number of morpholine rings is 2. The molecule has 2 aliphatic heterocycles. The number of anilines is 5. The zero-order chi connectivity index (χ0) is 33.0. The van der Waals surface area contributed by atoms with Crippen LogP contribution in [0.1, 0.15) is 0 Å². The topological polar surface area (TPSA) is 118 Å². The lowest BCUT2D eigenvalue weighted by Crippen LogP contribution is -2.36. The molecule has 1 atom stereocenters. The van der Waals surface area contributed by atoms with Crippen LogP contribution in [0.2, 0.25) is 5.02 Å². The maximum absolute atomic E-state index is 14.4. The van der Waals surface area contributed by atoms with E-state index in [9.17, 15) is 13.0 Å². The van der Waals surface area contributed by atoms with Crippen LogP contribution in [0.3, 0.4) is 0 Å². The Morgan fingerprint density at radius 3 is 2.27 bits per heavy atom. The largest absolute Gasteiger partial charge is 0.378 e. The predicted octanol–water partition coefficient (Wildman–Crippen LogP) is 6.15. The standard InChI is InChI=1S/C32H29ClF2N8O3S2/c33-27-21(3-1-6-24(27)41-48(44)30-22(34)4-2-5-23(30)35)28-29(47-32(40-28)43-13-17-46-18-14-43)25-9-10-36-31(39-25)38-20-7-8-26(37-19-20)42-11-15-45-16-12-42/h1-10,19,41H,11-18H2,(H,36,38,39). The van der Waals surface area contributed by atoms with Gasteiger partial charge in [0.1, 0.15) is 22.3 Å². The molecule has 5 heterocycles. The quantitative estimate of drug-likeness (QED) is 0.185. The maximum atomic E-state index is 14.4. The minimum Gasteiger partial charge on any atom is -0.378 e. The number of benzene rings is 2. The van der Waals surface area contributed by atoms with Crippen molar-refractivity contribution >= 4 is 62.2 Å². The minimum absolute atomic E-state index is 0.182. The minimum atomic E-state index is -2.26. The van der Waals surface area contributed by atoms with Gasteiger partial charge in [-0.2, -0.15) is 0 Å². The molecule has 2 aliphatic rings. The summed E-state index contributed by atoms with van der Waals surface area (Å²) in [5.41, 5.74) is 2.61. The molecule has 0 bridgehead atoms. The Balaban J connectivity index is 1.20. The zero-order valence-corrected chi connectivity index (χ0v) is 27.8. The van der Waals surface area contributed by atoms with Crippen molar-refractivity contribution in [1.82, 2.24) is 19.9 Å². The van der Waals surface area contributed by atoms with Crippen LogP contribution in [0.25, 0.3) is 21.8 Å². The lowest BCUT2D eigenvalue weighted by Gasteiger charge is -2.27. The smallest absolute Gasteiger partial charge is 0.227 e. The molecular formula is C32H29ClF2N8O3S2. The van der Waals surface area contributed by atoms with Crippen molar-refractivity contribution in [1.29, 1.82) is 0 Å². The van der Waals surface area contributed by atoms with E-state index in [2.05, 4.69) is 29.8 Å². The van der Waals surface area contributed by atoms with Gasteiger partial charge in [-0.1, -0.05) is 41.1 Å². The van der Waals surface area contributed by atoms with Crippen molar-refractivity contribution in [3.63, 3.8) is 0 Å². The lowest BCUT2D eigenvalue weighted by atomic mass is 10.1. The van der Waals surface area contributed by atoms with E-state index in [1.54, 1.807) is 36.7 Å². The first kappa shape index (κ1) is 32.3. The molecule has 3 aromatic heterocycles. The van der Waals surface area contributed by atoms with E-state index >= 15 is 0 Å². The van der Waals surface area contributed by atoms with Gasteiger partial charge in [0.15, 0.2) is 16.1 Å². The molecule has 0 amide bonds. The van der Waals surface area contributed by atoms with Gasteiger partial charge >= 0.3 is 0 Å². The Morgan fingerprint density at radius 1 is 0.854 bits per heavy atom. The first-order valence-corrected chi connectivity index (χ1v) is 17.4. The second-order valence-electron chi connectivity index (χ2n) is 10.8. The molecular weight excluding hydrogens is 682 g/mol. The number of rotatable bonds is 9. The molecule has 5 aromatic rings. The summed E-state index contributed by atoms with van der Waals surface area (Å²) in [5, 5.41) is 4.18. The number of aromatic nitrogens is 4. The van der Waals surface area contributed by atoms with Crippen molar-refractivity contribution in [2.45, 2.75) is 4.90 Å². The Hall–Kier alpha value is -4.28. The van der Waals surface area contributed by atoms with Crippen LogP contribution < -0.4 is 19.8 Å². The SMILES string of the molecule is O=S(Nc1cccc(-c2nc(N3CCOCC3)sc2-c2ccnc(Nc3ccc(N4CCOCC4)nc3)n2)c1Cl)c1c(F)cccc1F. The van der Waals surface area contributed by atoms with Crippen molar-refractivity contribution in [3.05, 3.63) is 83.6 Å². The Bertz CT molecular complexity index is 1920. The average molecular weight is 711 g/mol. The molecule has 0 saturated carbocycles. The molecule has 2 aromatic carbocycles. The van der Waals surface area contributed by atoms with E-state index in [-0.39, 0.29) is 10.7 Å². The number of nitrogens with one attached hydrogen (secondary N) is 2. The molecule has 2 saturated heterocycles. The molecule has 0 spiro atoms. The van der Waals surface area contributed by atoms with E-state index in [0.29, 0.717) is 62.4 Å². The van der Waals surface area contributed by atoms with Crippen LogP contribution in [-0.4, -0.2) is 76.8 Å². The molecule has 16 heteroatoms. The summed E-state index contributed by atoms with van der Waals surface area (Å²) >= 11 is 8.35. The highest BCUT2D eigenvalue weighted by atomic mass is 35.5. The summed E-state index contributed by atoms with van der Waals surface area (Å²) < 4.78 is 55.4. The van der Waals surface area contributed by atoms with Gasteiger partial charge in [-0.15, -0.1) is 0 Å². The van der Waals surface area contributed by atoms with Crippen molar-refractivity contribution in [3.8, 4) is 21.8 Å². The summed E-state index contributed by atoms with van der Waals surface area (Å²) in [5.74, 6) is -0.617. The number of hydrogen-bond donors (Lipinski definition) is 2. The third kappa shape index (κ3) is 6.96. The normalized spacial score (nSPS) is 15.7. The van der Waals surface area contributed by atoms with Crippen LogP contribution in [0.15, 0.2) is 71.9 Å². The fourth-order valence-corrected chi connectivity index (χ4v) is 7.66. The number of thiazole rings is 1. The third-order valence-corrected chi connectivity index (χ3v) is 10.4. The molecule has 7 rings (SSSR count). The van der Waals surface area contributed by atoms with Crippen LogP contribution in [0.4, 0.5) is 37.1 Å². The van der Waals surface area contributed by atoms with Crippen molar-refractivity contribution in [2.75, 3.05) is 72.4 Å². The number of hydrogen-bond acceptors (Lipinski definition) is 11. The highest BCUT2D eigenvalue weighted by Crippen LogP contribution is 2.44. The van der Waals surface area contributed by atoms with Crippen molar-refractivity contribution < 1.29 is 22.5 Å². The maximum Gasteiger partial charge on any atom is 0.227 e. The molecule has 2 fully saturated rings. The first-order chi connectivity index (χ1) is 23.4. The van der Waals surface area contributed by atoms with Crippen LogP contribution in [0, 0.1) is 11.6 Å². The fraction of sp³-hybridized carbons (Fsp3) is 0.250. The number of ether oxygens (including phenoxy) is 2. The monoisotopic (exact) mass is 710 g/mol. The number of nitrogens with zero attached hydrogens (tertiary/aromatic N) is 6. The number of halogens is 3. The molecule has 0 radical (unpaired) electrons. The first-order valence-electron chi connectivity index (χ1n) is 15.1. The average Bonchev–Trinajstić information content (AvgIpc) is 3.56. The fourth-order valence-electron chi connectivity index (χ4n) is 5.27.